The van der Waals surface area contributed by atoms with E-state index in [9.17, 15) is 0 Å². The van der Waals surface area contributed by atoms with Crippen LogP contribution in [0.5, 0.6) is 17.2 Å². The van der Waals surface area contributed by atoms with Crippen LogP contribution < -0.4 is 19.5 Å². The molecule has 0 saturated heterocycles. The normalized spacial score (nSPS) is 12.7. The molecule has 0 fully saturated rings. The van der Waals surface area contributed by atoms with Gasteiger partial charge < -0.3 is 24.3 Å². The van der Waals surface area contributed by atoms with Crippen molar-refractivity contribution in [3.05, 3.63) is 54.1 Å². The molecule has 3 aromatic carbocycles. The second-order valence-corrected chi connectivity index (χ2v) is 6.92. The van der Waals surface area contributed by atoms with Crippen molar-refractivity contribution < 1.29 is 18.9 Å². The molecular formula is C24H27ClN2O4. The summed E-state index contributed by atoms with van der Waals surface area (Å²) in [6, 6.07) is 16.4. The first kappa shape index (κ1) is 22.7. The predicted octanol–water partition coefficient (Wildman–Crippen LogP) is 4.32. The Morgan fingerprint density at radius 3 is 2.45 bits per heavy atom. The number of ether oxygens (including phenoxy) is 4. The van der Waals surface area contributed by atoms with Crippen LogP contribution in [0.15, 0.2) is 53.5 Å². The standard InChI is InChI=1S/C24H26N2O4.ClH/c1-27-12-13-30-23-19(24-25-10-11-26-24)14-16-6-4-5-7-18(16)22(23)17-8-9-20(28-2)21(15-17)29-3;/h4-9,14-15H,10-13H2,1-3H3,(H,25,26);1H. The van der Waals surface area contributed by atoms with Crippen LogP contribution in [0.2, 0.25) is 0 Å². The number of hydrogen-bond donors (Lipinski definition) is 1. The van der Waals surface area contributed by atoms with E-state index in [-0.39, 0.29) is 12.4 Å². The van der Waals surface area contributed by atoms with Gasteiger partial charge in [-0.15, -0.1) is 12.4 Å². The molecule has 1 aliphatic rings. The van der Waals surface area contributed by atoms with Crippen LogP contribution in [-0.4, -0.2) is 53.5 Å². The van der Waals surface area contributed by atoms with E-state index < -0.39 is 0 Å². The van der Waals surface area contributed by atoms with Gasteiger partial charge in [-0.2, -0.15) is 0 Å². The predicted molar refractivity (Wildman–Crippen MR) is 127 cm³/mol. The van der Waals surface area contributed by atoms with Gasteiger partial charge in [-0.1, -0.05) is 30.3 Å². The SMILES string of the molecule is COCCOc1c(C2=NCCN2)cc2ccccc2c1-c1ccc(OC)c(OC)c1.Cl. The number of hydrogen-bond acceptors (Lipinski definition) is 6. The Morgan fingerprint density at radius 2 is 1.74 bits per heavy atom. The second-order valence-electron chi connectivity index (χ2n) is 6.92. The molecule has 0 saturated carbocycles. The summed E-state index contributed by atoms with van der Waals surface area (Å²) < 4.78 is 22.5. The van der Waals surface area contributed by atoms with Gasteiger partial charge in [0.05, 0.1) is 32.9 Å². The lowest BCUT2D eigenvalue weighted by atomic mass is 9.93. The highest BCUT2D eigenvalue weighted by atomic mass is 35.5. The molecule has 0 bridgehead atoms. The minimum Gasteiger partial charge on any atom is -0.493 e. The van der Waals surface area contributed by atoms with E-state index in [0.717, 1.165) is 52.1 Å². The molecule has 0 atom stereocenters. The molecule has 0 amide bonds. The Balaban J connectivity index is 0.00000272. The summed E-state index contributed by atoms with van der Waals surface area (Å²) in [6.45, 7) is 2.52. The topological polar surface area (TPSA) is 61.3 Å². The molecule has 7 heteroatoms. The molecule has 0 spiro atoms. The van der Waals surface area contributed by atoms with E-state index in [1.54, 1.807) is 21.3 Å². The maximum atomic E-state index is 6.30. The quantitative estimate of drug-likeness (QED) is 0.526. The third-order valence-corrected chi connectivity index (χ3v) is 5.14. The van der Waals surface area contributed by atoms with Crippen LogP contribution in [0.3, 0.4) is 0 Å². The van der Waals surface area contributed by atoms with Crippen molar-refractivity contribution in [3.63, 3.8) is 0 Å². The molecule has 3 aromatic rings. The number of methoxy groups -OCH3 is 3. The van der Waals surface area contributed by atoms with E-state index in [0.29, 0.717) is 24.7 Å². The lowest BCUT2D eigenvalue weighted by molar-refractivity contribution is 0.146. The van der Waals surface area contributed by atoms with E-state index in [1.807, 2.05) is 30.3 Å². The third-order valence-electron chi connectivity index (χ3n) is 5.14. The van der Waals surface area contributed by atoms with Gasteiger partial charge in [-0.3, -0.25) is 4.99 Å². The highest BCUT2D eigenvalue weighted by Crippen LogP contribution is 2.43. The van der Waals surface area contributed by atoms with Gasteiger partial charge in [0.15, 0.2) is 11.5 Å². The maximum Gasteiger partial charge on any atom is 0.161 e. The second kappa shape index (κ2) is 10.4. The smallest absolute Gasteiger partial charge is 0.161 e. The van der Waals surface area contributed by atoms with Crippen LogP contribution in [0.25, 0.3) is 21.9 Å². The first-order chi connectivity index (χ1) is 14.8. The van der Waals surface area contributed by atoms with Gasteiger partial charge in [0.25, 0.3) is 0 Å². The van der Waals surface area contributed by atoms with Gasteiger partial charge in [0.1, 0.15) is 18.2 Å². The van der Waals surface area contributed by atoms with Gasteiger partial charge in [-0.25, -0.2) is 0 Å². The van der Waals surface area contributed by atoms with E-state index in [4.69, 9.17) is 18.9 Å². The summed E-state index contributed by atoms with van der Waals surface area (Å²) in [5.41, 5.74) is 2.93. The highest BCUT2D eigenvalue weighted by molar-refractivity contribution is 6.11. The van der Waals surface area contributed by atoms with E-state index in [2.05, 4.69) is 28.5 Å². The van der Waals surface area contributed by atoms with Gasteiger partial charge >= 0.3 is 0 Å². The summed E-state index contributed by atoms with van der Waals surface area (Å²) in [4.78, 5) is 4.65. The van der Waals surface area contributed by atoms with Crippen molar-refractivity contribution in [2.75, 3.05) is 47.6 Å². The Morgan fingerprint density at radius 1 is 0.935 bits per heavy atom. The van der Waals surface area contributed by atoms with Crippen molar-refractivity contribution in [2.24, 2.45) is 4.99 Å². The summed E-state index contributed by atoms with van der Waals surface area (Å²) in [7, 11) is 4.95. The molecule has 164 valence electrons. The minimum atomic E-state index is 0. The largest absolute Gasteiger partial charge is 0.493 e. The average molecular weight is 443 g/mol. The number of fused-ring (bicyclic) bond motifs is 1. The fraction of sp³-hybridized carbons (Fsp3) is 0.292. The number of amidine groups is 1. The van der Waals surface area contributed by atoms with Gasteiger partial charge in [0, 0.05) is 19.2 Å². The Kier molecular flexibility index (Phi) is 7.60. The minimum absolute atomic E-state index is 0. The molecular weight excluding hydrogens is 416 g/mol. The Labute approximate surface area is 188 Å². The third kappa shape index (κ3) is 4.55. The van der Waals surface area contributed by atoms with Crippen molar-refractivity contribution in [2.45, 2.75) is 0 Å². The monoisotopic (exact) mass is 442 g/mol. The number of halogens is 1. The van der Waals surface area contributed by atoms with Gasteiger partial charge in [0.2, 0.25) is 0 Å². The van der Waals surface area contributed by atoms with Crippen LogP contribution in [0.1, 0.15) is 5.56 Å². The number of aliphatic imine (C=N–C) groups is 1. The summed E-state index contributed by atoms with van der Waals surface area (Å²) in [5.74, 6) is 3.00. The lowest BCUT2D eigenvalue weighted by Crippen LogP contribution is -2.21. The fourth-order valence-electron chi connectivity index (χ4n) is 3.74. The first-order valence-corrected chi connectivity index (χ1v) is 9.95. The Bertz CT molecular complexity index is 1080. The summed E-state index contributed by atoms with van der Waals surface area (Å²) >= 11 is 0. The van der Waals surface area contributed by atoms with Gasteiger partial charge in [-0.05, 0) is 34.5 Å². The van der Waals surface area contributed by atoms with Crippen molar-refractivity contribution in [1.29, 1.82) is 0 Å². The molecule has 1 N–H and O–H groups in total. The average Bonchev–Trinajstić information content (AvgIpc) is 3.33. The van der Waals surface area contributed by atoms with Crippen molar-refractivity contribution >= 4 is 29.0 Å². The molecule has 0 unspecified atom stereocenters. The van der Waals surface area contributed by atoms with Crippen LogP contribution in [-0.2, 0) is 4.74 Å². The lowest BCUT2D eigenvalue weighted by Gasteiger charge is -2.20. The zero-order valence-electron chi connectivity index (χ0n) is 17.9. The summed E-state index contributed by atoms with van der Waals surface area (Å²) in [6.07, 6.45) is 0. The molecule has 0 aliphatic carbocycles. The maximum absolute atomic E-state index is 6.30. The van der Waals surface area contributed by atoms with E-state index in [1.165, 1.54) is 0 Å². The number of benzene rings is 3. The van der Waals surface area contributed by atoms with E-state index >= 15 is 0 Å². The van der Waals surface area contributed by atoms with Crippen LogP contribution >= 0.6 is 12.4 Å². The Hall–Kier alpha value is -2.96. The molecule has 1 heterocycles. The first-order valence-electron chi connectivity index (χ1n) is 9.95. The molecule has 6 nitrogen and oxygen atoms in total. The molecule has 0 aromatic heterocycles. The molecule has 31 heavy (non-hydrogen) atoms. The highest BCUT2D eigenvalue weighted by Gasteiger charge is 2.22. The zero-order valence-corrected chi connectivity index (χ0v) is 18.8. The fourth-order valence-corrected chi connectivity index (χ4v) is 3.74. The van der Waals surface area contributed by atoms with Crippen LogP contribution in [0, 0.1) is 0 Å². The van der Waals surface area contributed by atoms with Crippen LogP contribution in [0.4, 0.5) is 0 Å². The van der Waals surface area contributed by atoms with Crippen molar-refractivity contribution in [1.82, 2.24) is 5.32 Å². The summed E-state index contributed by atoms with van der Waals surface area (Å²) in [5, 5.41) is 5.60. The zero-order chi connectivity index (χ0) is 20.9. The molecule has 4 rings (SSSR count). The molecule has 1 aliphatic heterocycles. The number of nitrogens with zero attached hydrogens (tertiary/aromatic N) is 1. The molecule has 0 radical (unpaired) electrons. The number of nitrogens with one attached hydrogen (secondary N) is 1. The number of rotatable bonds is 8. The van der Waals surface area contributed by atoms with Crippen molar-refractivity contribution in [3.8, 4) is 28.4 Å².